The number of carbonyl (C=O) groups is 2. The molecule has 2 heterocycles. The topological polar surface area (TPSA) is 93.1 Å². The first-order valence-electron chi connectivity index (χ1n) is 10.9. The maximum Gasteiger partial charge on any atom is 0.279 e. The van der Waals surface area contributed by atoms with Gasteiger partial charge in [0.1, 0.15) is 0 Å². The zero-order valence-electron chi connectivity index (χ0n) is 18.8. The summed E-state index contributed by atoms with van der Waals surface area (Å²) in [5.74, 6) is -0.394. The van der Waals surface area contributed by atoms with Crippen molar-refractivity contribution in [3.63, 3.8) is 0 Å². The van der Waals surface area contributed by atoms with E-state index in [9.17, 15) is 14.4 Å². The molecule has 0 aliphatic heterocycles. The van der Waals surface area contributed by atoms with Gasteiger partial charge in [-0.1, -0.05) is 55.9 Å². The van der Waals surface area contributed by atoms with Gasteiger partial charge in [-0.25, -0.2) is 4.98 Å². The monoisotopic (exact) mass is 492 g/mol. The third kappa shape index (κ3) is 5.21. The highest BCUT2D eigenvalue weighted by Crippen LogP contribution is 2.24. The summed E-state index contributed by atoms with van der Waals surface area (Å²) >= 11 is 2.42. The van der Waals surface area contributed by atoms with Crippen LogP contribution in [-0.4, -0.2) is 27.1 Å². The minimum absolute atomic E-state index is 0.0273. The number of thiophene rings is 1. The number of rotatable bonds is 7. The summed E-state index contributed by atoms with van der Waals surface area (Å²) in [4.78, 5) is 42.9. The predicted molar refractivity (Wildman–Crippen MR) is 137 cm³/mol. The van der Waals surface area contributed by atoms with Gasteiger partial charge in [0.15, 0.2) is 5.16 Å². The smallest absolute Gasteiger partial charge is 0.272 e. The zero-order chi connectivity index (χ0) is 24.1. The number of hydrogen-bond acceptors (Lipinski definition) is 6. The number of aromatic nitrogens is 2. The van der Waals surface area contributed by atoms with E-state index in [1.165, 1.54) is 21.5 Å². The molecule has 174 valence electrons. The fourth-order valence-electron chi connectivity index (χ4n) is 3.39. The average molecular weight is 493 g/mol. The second kappa shape index (κ2) is 10.7. The van der Waals surface area contributed by atoms with Crippen LogP contribution in [0.15, 0.2) is 76.0 Å². The third-order valence-electron chi connectivity index (χ3n) is 5.47. The Labute approximate surface area is 205 Å². The Bertz CT molecular complexity index is 1370. The van der Waals surface area contributed by atoms with Crippen molar-refractivity contribution in [3.8, 4) is 5.69 Å². The largest absolute Gasteiger partial charge is 0.279 e. The molecule has 2 N–H and O–H groups in total. The number of carbonyl (C=O) groups excluding carboxylic acids is 2. The van der Waals surface area contributed by atoms with Crippen LogP contribution in [0.3, 0.4) is 0 Å². The maximum atomic E-state index is 13.4. The van der Waals surface area contributed by atoms with Crippen LogP contribution in [0.2, 0.25) is 0 Å². The molecule has 0 aliphatic carbocycles. The molecule has 2 aromatic heterocycles. The van der Waals surface area contributed by atoms with Crippen molar-refractivity contribution in [2.75, 3.05) is 5.75 Å². The predicted octanol–water partition coefficient (Wildman–Crippen LogP) is 4.51. The summed E-state index contributed by atoms with van der Waals surface area (Å²) in [5.41, 5.74) is 7.06. The SMILES string of the molecule is CCC(C)c1ccc(-n2c(SCC(=O)NNC(=O)c3cccs3)nc3ccccc3c2=O)cc1. The lowest BCUT2D eigenvalue weighted by atomic mass is 9.98. The van der Waals surface area contributed by atoms with Crippen LogP contribution in [0.4, 0.5) is 0 Å². The molecule has 0 bridgehead atoms. The van der Waals surface area contributed by atoms with Gasteiger partial charge in [-0.3, -0.25) is 29.8 Å². The lowest BCUT2D eigenvalue weighted by Gasteiger charge is -2.15. The third-order valence-corrected chi connectivity index (χ3v) is 7.28. The van der Waals surface area contributed by atoms with Crippen LogP contribution in [0, 0.1) is 0 Å². The van der Waals surface area contributed by atoms with Gasteiger partial charge in [-0.05, 0) is 53.6 Å². The highest BCUT2D eigenvalue weighted by molar-refractivity contribution is 7.99. The maximum absolute atomic E-state index is 13.4. The van der Waals surface area contributed by atoms with Crippen LogP contribution >= 0.6 is 23.1 Å². The molecule has 4 aromatic rings. The molecule has 0 saturated carbocycles. The summed E-state index contributed by atoms with van der Waals surface area (Å²) in [6, 6.07) is 18.4. The van der Waals surface area contributed by atoms with Crippen LogP contribution in [0.5, 0.6) is 0 Å². The number of thioether (sulfide) groups is 1. The van der Waals surface area contributed by atoms with Gasteiger partial charge in [0.25, 0.3) is 11.5 Å². The summed E-state index contributed by atoms with van der Waals surface area (Å²) < 4.78 is 1.53. The van der Waals surface area contributed by atoms with Crippen LogP contribution in [-0.2, 0) is 4.79 Å². The summed E-state index contributed by atoms with van der Waals surface area (Å²) in [6.07, 6.45) is 1.02. The molecule has 4 rings (SSSR count). The van der Waals surface area contributed by atoms with Crippen molar-refractivity contribution in [2.45, 2.75) is 31.3 Å². The highest BCUT2D eigenvalue weighted by atomic mass is 32.2. The van der Waals surface area contributed by atoms with Crippen molar-refractivity contribution in [3.05, 3.63) is 86.8 Å². The van der Waals surface area contributed by atoms with Crippen LogP contribution < -0.4 is 16.4 Å². The zero-order valence-corrected chi connectivity index (χ0v) is 20.4. The fraction of sp³-hybridized carbons (Fsp3) is 0.200. The van der Waals surface area contributed by atoms with Gasteiger partial charge in [0.2, 0.25) is 5.91 Å². The number of fused-ring (bicyclic) bond motifs is 1. The van der Waals surface area contributed by atoms with Gasteiger partial charge in [0, 0.05) is 0 Å². The fourth-order valence-corrected chi connectivity index (χ4v) is 4.82. The first-order chi connectivity index (χ1) is 16.5. The van der Waals surface area contributed by atoms with E-state index in [1.54, 1.807) is 35.7 Å². The Morgan fingerprint density at radius 1 is 1.06 bits per heavy atom. The molecule has 9 heteroatoms. The van der Waals surface area contributed by atoms with Gasteiger partial charge in [0.05, 0.1) is 27.2 Å². The number of amides is 2. The normalized spacial score (nSPS) is 11.8. The molecule has 7 nitrogen and oxygen atoms in total. The van der Waals surface area contributed by atoms with Crippen molar-refractivity contribution in [1.82, 2.24) is 20.4 Å². The molecule has 2 aromatic carbocycles. The first-order valence-corrected chi connectivity index (χ1v) is 12.7. The Balaban J connectivity index is 1.58. The molecule has 0 saturated heterocycles. The molecule has 0 aliphatic rings. The molecule has 0 spiro atoms. The van der Waals surface area contributed by atoms with Gasteiger partial charge in [-0.2, -0.15) is 0 Å². The van der Waals surface area contributed by atoms with E-state index in [0.717, 1.165) is 18.2 Å². The minimum atomic E-state index is -0.406. The Hall–Kier alpha value is -3.43. The standard InChI is InChI=1S/C25H24N4O3S2/c1-3-16(2)17-10-12-18(13-11-17)29-24(32)19-7-4-5-8-20(19)26-25(29)34-15-22(30)27-28-23(31)21-9-6-14-33-21/h4-14,16H,3,15H2,1-2H3,(H,27,30)(H,28,31). The van der Waals surface area contributed by atoms with Crippen molar-refractivity contribution < 1.29 is 9.59 Å². The summed E-state index contributed by atoms with van der Waals surface area (Å²) in [6.45, 7) is 4.30. The highest BCUT2D eigenvalue weighted by Gasteiger charge is 2.16. The van der Waals surface area contributed by atoms with Crippen LogP contribution in [0.1, 0.15) is 41.4 Å². The summed E-state index contributed by atoms with van der Waals surface area (Å²) in [5, 5.41) is 2.69. The molecule has 34 heavy (non-hydrogen) atoms. The Morgan fingerprint density at radius 2 is 1.82 bits per heavy atom. The Morgan fingerprint density at radius 3 is 2.53 bits per heavy atom. The molecule has 1 atom stereocenters. The Kier molecular flexibility index (Phi) is 7.44. The van der Waals surface area contributed by atoms with Gasteiger partial charge < -0.3 is 0 Å². The van der Waals surface area contributed by atoms with Crippen molar-refractivity contribution >= 4 is 45.8 Å². The number of nitrogens with zero attached hydrogens (tertiary/aromatic N) is 2. The van der Waals surface area contributed by atoms with E-state index < -0.39 is 5.91 Å². The van der Waals surface area contributed by atoms with E-state index in [-0.39, 0.29) is 17.2 Å². The lowest BCUT2D eigenvalue weighted by Crippen LogP contribution is -2.42. The van der Waals surface area contributed by atoms with E-state index >= 15 is 0 Å². The quantitative estimate of drug-likeness (QED) is 0.225. The second-order valence-electron chi connectivity index (χ2n) is 7.72. The molecule has 1 unspecified atom stereocenters. The molecule has 2 amide bonds. The number of para-hydroxylation sites is 1. The van der Waals surface area contributed by atoms with E-state index in [1.807, 2.05) is 30.3 Å². The van der Waals surface area contributed by atoms with Gasteiger partial charge in [-0.15, -0.1) is 11.3 Å². The summed E-state index contributed by atoms with van der Waals surface area (Å²) in [7, 11) is 0. The molecular weight excluding hydrogens is 468 g/mol. The molecule has 0 fully saturated rings. The first kappa shape index (κ1) is 23.7. The molecular formula is C25H24N4O3S2. The lowest BCUT2D eigenvalue weighted by molar-refractivity contribution is -0.119. The second-order valence-corrected chi connectivity index (χ2v) is 9.61. The number of hydrazine groups is 1. The molecule has 0 radical (unpaired) electrons. The average Bonchev–Trinajstić information content (AvgIpc) is 3.41. The van der Waals surface area contributed by atoms with E-state index in [2.05, 4.69) is 29.7 Å². The number of nitrogens with one attached hydrogen (secondary N) is 2. The van der Waals surface area contributed by atoms with Crippen LogP contribution in [0.25, 0.3) is 16.6 Å². The minimum Gasteiger partial charge on any atom is -0.272 e. The number of benzene rings is 2. The van der Waals surface area contributed by atoms with Crippen molar-refractivity contribution in [1.29, 1.82) is 0 Å². The van der Waals surface area contributed by atoms with E-state index in [4.69, 9.17) is 0 Å². The van der Waals surface area contributed by atoms with Crippen molar-refractivity contribution in [2.24, 2.45) is 0 Å². The number of hydrogen-bond donors (Lipinski definition) is 2. The van der Waals surface area contributed by atoms with E-state index in [0.29, 0.717) is 32.5 Å². The van der Waals surface area contributed by atoms with Gasteiger partial charge >= 0.3 is 0 Å².